The van der Waals surface area contributed by atoms with E-state index in [1.165, 1.54) is 18.2 Å². The molecule has 1 heterocycles. The Hall–Kier alpha value is -2.03. The van der Waals surface area contributed by atoms with Gasteiger partial charge in [-0.05, 0) is 24.6 Å². The molecule has 0 radical (unpaired) electrons. The van der Waals surface area contributed by atoms with E-state index in [2.05, 4.69) is 4.98 Å². The second kappa shape index (κ2) is 4.33. The second-order valence-electron chi connectivity index (χ2n) is 3.90. The van der Waals surface area contributed by atoms with Gasteiger partial charge >= 0.3 is 6.18 Å². The molecule has 1 aromatic heterocycles. The number of benzene rings is 1. The molecule has 0 saturated carbocycles. The first-order chi connectivity index (χ1) is 8.47. The molecule has 0 bridgehead atoms. The van der Waals surface area contributed by atoms with E-state index in [0.717, 1.165) is 4.57 Å². The summed E-state index contributed by atoms with van der Waals surface area (Å²) in [5.41, 5.74) is 0.912. The van der Waals surface area contributed by atoms with E-state index in [-0.39, 0.29) is 12.1 Å². The minimum atomic E-state index is -4.49. The van der Waals surface area contributed by atoms with E-state index in [1.807, 2.05) is 6.07 Å². The van der Waals surface area contributed by atoms with Gasteiger partial charge in [0.05, 0.1) is 22.7 Å². The molecule has 0 saturated heterocycles. The van der Waals surface area contributed by atoms with Crippen LogP contribution in [0, 0.1) is 11.3 Å². The number of nitriles is 1. The molecule has 0 aliphatic carbocycles. The molecule has 0 spiro atoms. The maximum Gasteiger partial charge on any atom is 0.449 e. The molecule has 0 atom stereocenters. The van der Waals surface area contributed by atoms with Crippen LogP contribution in [0.2, 0.25) is 0 Å². The van der Waals surface area contributed by atoms with Gasteiger partial charge in [-0.2, -0.15) is 18.4 Å². The SMILES string of the molecule is CCCn1c(C(F)(F)F)nc2cc(C#N)ccc21. The highest BCUT2D eigenvalue weighted by atomic mass is 19.4. The Kier molecular flexibility index (Phi) is 2.99. The number of fused-ring (bicyclic) bond motifs is 1. The zero-order valence-electron chi connectivity index (χ0n) is 9.62. The Morgan fingerprint density at radius 3 is 2.67 bits per heavy atom. The average Bonchev–Trinajstić information content (AvgIpc) is 2.67. The van der Waals surface area contributed by atoms with Crippen LogP contribution in [0.1, 0.15) is 24.7 Å². The van der Waals surface area contributed by atoms with Gasteiger partial charge < -0.3 is 4.57 Å². The number of rotatable bonds is 2. The Labute approximate surface area is 101 Å². The fourth-order valence-electron chi connectivity index (χ4n) is 1.87. The standard InChI is InChI=1S/C12H10F3N3/c1-2-5-18-10-4-3-8(7-16)6-9(10)17-11(18)12(13,14)15/h3-4,6H,2,5H2,1H3. The van der Waals surface area contributed by atoms with E-state index >= 15 is 0 Å². The molecule has 2 aromatic rings. The summed E-state index contributed by atoms with van der Waals surface area (Å²) in [4.78, 5) is 3.60. The third-order valence-electron chi connectivity index (χ3n) is 2.58. The lowest BCUT2D eigenvalue weighted by atomic mass is 10.2. The number of hydrogen-bond donors (Lipinski definition) is 0. The lowest BCUT2D eigenvalue weighted by Gasteiger charge is -2.09. The van der Waals surface area contributed by atoms with Gasteiger partial charge in [-0.25, -0.2) is 4.98 Å². The topological polar surface area (TPSA) is 41.6 Å². The summed E-state index contributed by atoms with van der Waals surface area (Å²) < 4.78 is 39.7. The van der Waals surface area contributed by atoms with Crippen molar-refractivity contribution in [1.82, 2.24) is 9.55 Å². The largest absolute Gasteiger partial charge is 0.449 e. The lowest BCUT2D eigenvalue weighted by molar-refractivity contribution is -0.146. The number of alkyl halides is 3. The molecule has 0 unspecified atom stereocenters. The highest BCUT2D eigenvalue weighted by molar-refractivity contribution is 5.77. The number of aromatic nitrogens is 2. The van der Waals surface area contributed by atoms with Crippen molar-refractivity contribution in [1.29, 1.82) is 5.26 Å². The minimum Gasteiger partial charge on any atom is -0.320 e. The van der Waals surface area contributed by atoms with Crippen molar-refractivity contribution in [2.24, 2.45) is 0 Å². The molecule has 0 aliphatic heterocycles. The number of imidazole rings is 1. The van der Waals surface area contributed by atoms with E-state index in [1.54, 1.807) is 6.92 Å². The summed E-state index contributed by atoms with van der Waals surface area (Å²) in [7, 11) is 0. The van der Waals surface area contributed by atoms with E-state index in [4.69, 9.17) is 5.26 Å². The van der Waals surface area contributed by atoms with Gasteiger partial charge in [-0.1, -0.05) is 6.92 Å². The van der Waals surface area contributed by atoms with Crippen molar-refractivity contribution in [3.63, 3.8) is 0 Å². The molecule has 0 N–H and O–H groups in total. The minimum absolute atomic E-state index is 0.204. The normalized spacial score (nSPS) is 11.7. The molecule has 1 aromatic carbocycles. The zero-order chi connectivity index (χ0) is 13.3. The second-order valence-corrected chi connectivity index (χ2v) is 3.90. The first-order valence-electron chi connectivity index (χ1n) is 5.45. The summed E-state index contributed by atoms with van der Waals surface area (Å²) in [5, 5.41) is 8.73. The van der Waals surface area contributed by atoms with Crippen molar-refractivity contribution >= 4 is 11.0 Å². The van der Waals surface area contributed by atoms with Crippen molar-refractivity contribution in [2.45, 2.75) is 26.1 Å². The highest BCUT2D eigenvalue weighted by Crippen LogP contribution is 2.31. The number of aryl methyl sites for hydroxylation is 1. The smallest absolute Gasteiger partial charge is 0.320 e. The van der Waals surface area contributed by atoms with Crippen LogP contribution in [0.3, 0.4) is 0 Å². The molecular formula is C12H10F3N3. The van der Waals surface area contributed by atoms with Crippen molar-refractivity contribution < 1.29 is 13.2 Å². The van der Waals surface area contributed by atoms with Crippen LogP contribution in [-0.2, 0) is 12.7 Å². The van der Waals surface area contributed by atoms with Gasteiger partial charge in [0.2, 0.25) is 5.82 Å². The van der Waals surface area contributed by atoms with E-state index in [0.29, 0.717) is 17.5 Å². The van der Waals surface area contributed by atoms with Crippen LogP contribution in [0.5, 0.6) is 0 Å². The van der Waals surface area contributed by atoms with Crippen LogP contribution < -0.4 is 0 Å². The number of nitrogens with zero attached hydrogens (tertiary/aromatic N) is 3. The molecule has 0 aliphatic rings. The molecule has 0 amide bonds. The molecular weight excluding hydrogens is 243 g/mol. The summed E-state index contributed by atoms with van der Waals surface area (Å²) >= 11 is 0. The van der Waals surface area contributed by atoms with Crippen LogP contribution in [0.15, 0.2) is 18.2 Å². The molecule has 18 heavy (non-hydrogen) atoms. The number of halogens is 3. The van der Waals surface area contributed by atoms with Crippen molar-refractivity contribution in [3.8, 4) is 6.07 Å². The summed E-state index contributed by atoms with van der Waals surface area (Å²) in [6.45, 7) is 2.05. The van der Waals surface area contributed by atoms with Crippen LogP contribution >= 0.6 is 0 Å². The van der Waals surface area contributed by atoms with Crippen molar-refractivity contribution in [3.05, 3.63) is 29.6 Å². The van der Waals surface area contributed by atoms with E-state index in [9.17, 15) is 13.2 Å². The maximum absolute atomic E-state index is 12.8. The van der Waals surface area contributed by atoms with Gasteiger partial charge in [-0.15, -0.1) is 0 Å². The van der Waals surface area contributed by atoms with Crippen molar-refractivity contribution in [2.75, 3.05) is 0 Å². The van der Waals surface area contributed by atoms with Crippen LogP contribution in [-0.4, -0.2) is 9.55 Å². The maximum atomic E-state index is 12.8. The Morgan fingerprint density at radius 1 is 1.39 bits per heavy atom. The summed E-state index contributed by atoms with van der Waals surface area (Å²) in [6, 6.07) is 6.26. The Morgan fingerprint density at radius 2 is 2.11 bits per heavy atom. The quantitative estimate of drug-likeness (QED) is 0.823. The molecule has 6 heteroatoms. The van der Waals surface area contributed by atoms with Crippen LogP contribution in [0.4, 0.5) is 13.2 Å². The Bertz CT molecular complexity index is 620. The van der Waals surface area contributed by atoms with E-state index < -0.39 is 12.0 Å². The average molecular weight is 253 g/mol. The Balaban J connectivity index is 2.71. The fraction of sp³-hybridized carbons (Fsp3) is 0.333. The number of hydrogen-bond acceptors (Lipinski definition) is 2. The summed E-state index contributed by atoms with van der Waals surface area (Å²) in [6.07, 6.45) is -3.91. The molecule has 0 fully saturated rings. The first kappa shape index (κ1) is 12.4. The molecule has 3 nitrogen and oxygen atoms in total. The first-order valence-corrected chi connectivity index (χ1v) is 5.45. The zero-order valence-corrected chi connectivity index (χ0v) is 9.62. The van der Waals surface area contributed by atoms with Gasteiger partial charge in [-0.3, -0.25) is 0 Å². The molecule has 2 rings (SSSR count). The predicted molar refractivity (Wildman–Crippen MR) is 59.7 cm³/mol. The lowest BCUT2D eigenvalue weighted by Crippen LogP contribution is -2.14. The van der Waals surface area contributed by atoms with Crippen LogP contribution in [0.25, 0.3) is 11.0 Å². The predicted octanol–water partition coefficient (Wildman–Crippen LogP) is 3.34. The third kappa shape index (κ3) is 2.04. The van der Waals surface area contributed by atoms with Gasteiger partial charge in [0.15, 0.2) is 0 Å². The third-order valence-corrected chi connectivity index (χ3v) is 2.58. The summed E-state index contributed by atoms with van der Waals surface area (Å²) in [5.74, 6) is -0.908. The monoisotopic (exact) mass is 253 g/mol. The molecule has 94 valence electrons. The highest BCUT2D eigenvalue weighted by Gasteiger charge is 2.37. The van der Waals surface area contributed by atoms with Gasteiger partial charge in [0.25, 0.3) is 0 Å². The van der Waals surface area contributed by atoms with Gasteiger partial charge in [0.1, 0.15) is 0 Å². The van der Waals surface area contributed by atoms with Gasteiger partial charge in [0, 0.05) is 6.54 Å². The fourth-order valence-corrected chi connectivity index (χ4v) is 1.87.